The minimum absolute atomic E-state index is 0.125. The van der Waals surface area contributed by atoms with Crippen molar-refractivity contribution in [3.63, 3.8) is 0 Å². The van der Waals surface area contributed by atoms with E-state index in [1.165, 1.54) is 10.5 Å². The topological polar surface area (TPSA) is 18.5 Å². The molecule has 0 unspecified atom stereocenters. The SMILES string of the molecule is COC(CSc1cccc(C)c1)OC. The molecule has 0 radical (unpaired) electrons. The van der Waals surface area contributed by atoms with E-state index >= 15 is 0 Å². The monoisotopic (exact) mass is 212 g/mol. The molecule has 0 spiro atoms. The first-order valence-electron chi connectivity index (χ1n) is 4.51. The van der Waals surface area contributed by atoms with Crippen LogP contribution in [0.1, 0.15) is 5.56 Å². The van der Waals surface area contributed by atoms with E-state index in [1.54, 1.807) is 26.0 Å². The van der Waals surface area contributed by atoms with E-state index in [-0.39, 0.29) is 6.29 Å². The van der Waals surface area contributed by atoms with Crippen molar-refractivity contribution in [3.8, 4) is 0 Å². The van der Waals surface area contributed by atoms with Crippen LogP contribution in [0.15, 0.2) is 29.2 Å². The molecule has 0 aliphatic rings. The Morgan fingerprint density at radius 2 is 2.00 bits per heavy atom. The summed E-state index contributed by atoms with van der Waals surface area (Å²) in [6.45, 7) is 2.09. The third-order valence-corrected chi connectivity index (χ3v) is 2.93. The quantitative estimate of drug-likeness (QED) is 0.552. The lowest BCUT2D eigenvalue weighted by molar-refractivity contribution is -0.0842. The number of thioether (sulfide) groups is 1. The van der Waals surface area contributed by atoms with Crippen molar-refractivity contribution in [2.24, 2.45) is 0 Å². The van der Waals surface area contributed by atoms with Gasteiger partial charge in [-0.3, -0.25) is 0 Å². The lowest BCUT2D eigenvalue weighted by Crippen LogP contribution is -2.15. The standard InChI is InChI=1S/C11H16O2S/c1-9-5-4-6-10(7-9)14-8-11(12-2)13-3/h4-7,11H,8H2,1-3H3. The van der Waals surface area contributed by atoms with Gasteiger partial charge in [-0.05, 0) is 19.1 Å². The average Bonchev–Trinajstić information content (AvgIpc) is 2.19. The van der Waals surface area contributed by atoms with Gasteiger partial charge in [-0.2, -0.15) is 0 Å². The van der Waals surface area contributed by atoms with Crippen molar-refractivity contribution in [1.29, 1.82) is 0 Å². The minimum Gasteiger partial charge on any atom is -0.355 e. The molecule has 0 fully saturated rings. The highest BCUT2D eigenvalue weighted by Crippen LogP contribution is 2.20. The van der Waals surface area contributed by atoms with E-state index < -0.39 is 0 Å². The smallest absolute Gasteiger partial charge is 0.166 e. The van der Waals surface area contributed by atoms with Crippen LogP contribution >= 0.6 is 11.8 Å². The summed E-state index contributed by atoms with van der Waals surface area (Å²) in [7, 11) is 3.32. The fourth-order valence-electron chi connectivity index (χ4n) is 1.10. The van der Waals surface area contributed by atoms with Gasteiger partial charge in [0.1, 0.15) is 0 Å². The maximum atomic E-state index is 5.11. The zero-order valence-electron chi connectivity index (χ0n) is 8.82. The summed E-state index contributed by atoms with van der Waals surface area (Å²) in [6, 6.07) is 8.41. The third-order valence-electron chi connectivity index (χ3n) is 1.90. The molecule has 0 amide bonds. The van der Waals surface area contributed by atoms with Gasteiger partial charge in [0.25, 0.3) is 0 Å². The highest BCUT2D eigenvalue weighted by molar-refractivity contribution is 7.99. The molecule has 0 saturated carbocycles. The molecule has 0 N–H and O–H groups in total. The molecule has 2 nitrogen and oxygen atoms in total. The number of methoxy groups -OCH3 is 2. The average molecular weight is 212 g/mol. The Hall–Kier alpha value is -0.510. The molecule has 1 rings (SSSR count). The largest absolute Gasteiger partial charge is 0.355 e. The molecule has 0 saturated heterocycles. The molecule has 14 heavy (non-hydrogen) atoms. The number of hydrogen-bond acceptors (Lipinski definition) is 3. The lowest BCUT2D eigenvalue weighted by Gasteiger charge is -2.12. The Kier molecular flexibility index (Phi) is 5.01. The van der Waals surface area contributed by atoms with Crippen molar-refractivity contribution in [3.05, 3.63) is 29.8 Å². The number of aryl methyl sites for hydroxylation is 1. The van der Waals surface area contributed by atoms with Gasteiger partial charge in [-0.25, -0.2) is 0 Å². The number of ether oxygens (including phenoxy) is 2. The number of hydrogen-bond donors (Lipinski definition) is 0. The van der Waals surface area contributed by atoms with Crippen molar-refractivity contribution >= 4 is 11.8 Å². The van der Waals surface area contributed by atoms with Crippen molar-refractivity contribution in [2.75, 3.05) is 20.0 Å². The summed E-state index contributed by atoms with van der Waals surface area (Å²) in [5.74, 6) is 0.816. The predicted octanol–water partition coefficient (Wildman–Crippen LogP) is 2.71. The second kappa shape index (κ2) is 6.06. The molecule has 78 valence electrons. The Labute approximate surface area is 89.6 Å². The Morgan fingerprint density at radius 1 is 1.29 bits per heavy atom. The van der Waals surface area contributed by atoms with E-state index in [0.717, 1.165) is 5.75 Å². The van der Waals surface area contributed by atoms with Gasteiger partial charge in [0.05, 0.1) is 0 Å². The summed E-state index contributed by atoms with van der Waals surface area (Å²) in [5.41, 5.74) is 1.28. The highest BCUT2D eigenvalue weighted by atomic mass is 32.2. The normalized spacial score (nSPS) is 10.9. The summed E-state index contributed by atoms with van der Waals surface area (Å²) < 4.78 is 10.2. The molecule has 0 aliphatic heterocycles. The van der Waals surface area contributed by atoms with Gasteiger partial charge in [0.2, 0.25) is 0 Å². The fourth-order valence-corrected chi connectivity index (χ4v) is 2.15. The Bertz CT molecular complexity index is 272. The third kappa shape index (κ3) is 3.70. The van der Waals surface area contributed by atoms with E-state index in [0.29, 0.717) is 0 Å². The number of rotatable bonds is 5. The summed E-state index contributed by atoms with van der Waals surface area (Å²) in [5, 5.41) is 0. The molecular weight excluding hydrogens is 196 g/mol. The van der Waals surface area contributed by atoms with Crippen LogP contribution < -0.4 is 0 Å². The minimum atomic E-state index is -0.125. The summed E-state index contributed by atoms with van der Waals surface area (Å²) in [4.78, 5) is 1.25. The first kappa shape index (κ1) is 11.6. The van der Waals surface area contributed by atoms with Gasteiger partial charge < -0.3 is 9.47 Å². The molecule has 0 aromatic heterocycles. The lowest BCUT2D eigenvalue weighted by atomic mass is 10.2. The van der Waals surface area contributed by atoms with Crippen LogP contribution in [0.3, 0.4) is 0 Å². The van der Waals surface area contributed by atoms with Crippen LogP contribution in [0, 0.1) is 6.92 Å². The van der Waals surface area contributed by atoms with E-state index in [1.807, 2.05) is 0 Å². The van der Waals surface area contributed by atoms with Gasteiger partial charge in [0, 0.05) is 24.9 Å². The van der Waals surface area contributed by atoms with Gasteiger partial charge in [0.15, 0.2) is 6.29 Å². The van der Waals surface area contributed by atoms with Crippen LogP contribution in [-0.2, 0) is 9.47 Å². The first-order valence-corrected chi connectivity index (χ1v) is 5.50. The second-order valence-electron chi connectivity index (χ2n) is 3.03. The van der Waals surface area contributed by atoms with Crippen LogP contribution in [0.4, 0.5) is 0 Å². The molecule has 0 heterocycles. The molecule has 3 heteroatoms. The first-order chi connectivity index (χ1) is 6.76. The van der Waals surface area contributed by atoms with E-state index in [9.17, 15) is 0 Å². The molecule has 1 aromatic rings. The van der Waals surface area contributed by atoms with Crippen LogP contribution in [0.25, 0.3) is 0 Å². The van der Waals surface area contributed by atoms with E-state index in [2.05, 4.69) is 31.2 Å². The van der Waals surface area contributed by atoms with Crippen molar-refractivity contribution < 1.29 is 9.47 Å². The molecule has 0 bridgehead atoms. The predicted molar refractivity (Wildman–Crippen MR) is 59.7 cm³/mol. The van der Waals surface area contributed by atoms with E-state index in [4.69, 9.17) is 9.47 Å². The summed E-state index contributed by atoms with van der Waals surface area (Å²) in [6.07, 6.45) is -0.125. The van der Waals surface area contributed by atoms with Crippen molar-refractivity contribution in [2.45, 2.75) is 18.1 Å². The Morgan fingerprint density at radius 3 is 2.57 bits per heavy atom. The zero-order chi connectivity index (χ0) is 10.4. The molecule has 0 aliphatic carbocycles. The molecule has 0 atom stereocenters. The van der Waals surface area contributed by atoms with Gasteiger partial charge in [-0.1, -0.05) is 17.7 Å². The maximum absolute atomic E-state index is 5.11. The van der Waals surface area contributed by atoms with Gasteiger partial charge >= 0.3 is 0 Å². The fraction of sp³-hybridized carbons (Fsp3) is 0.455. The molecular formula is C11H16O2S. The van der Waals surface area contributed by atoms with Crippen LogP contribution in [0.5, 0.6) is 0 Å². The Balaban J connectivity index is 2.44. The van der Waals surface area contributed by atoms with Crippen molar-refractivity contribution in [1.82, 2.24) is 0 Å². The second-order valence-corrected chi connectivity index (χ2v) is 4.12. The van der Waals surface area contributed by atoms with Crippen LogP contribution in [0.2, 0.25) is 0 Å². The maximum Gasteiger partial charge on any atom is 0.166 e. The molecule has 1 aromatic carbocycles. The van der Waals surface area contributed by atoms with Crippen LogP contribution in [-0.4, -0.2) is 26.3 Å². The van der Waals surface area contributed by atoms with Gasteiger partial charge in [-0.15, -0.1) is 11.8 Å². The zero-order valence-corrected chi connectivity index (χ0v) is 9.64. The number of benzene rings is 1. The highest BCUT2D eigenvalue weighted by Gasteiger charge is 2.05. The summed E-state index contributed by atoms with van der Waals surface area (Å²) >= 11 is 1.74.